The molecule has 2 aromatic carbocycles. The third-order valence-electron chi connectivity index (χ3n) is 5.39. The first-order valence-corrected chi connectivity index (χ1v) is 9.55. The fraction of sp³-hybridized carbons (Fsp3) is 0.318. The van der Waals surface area contributed by atoms with E-state index in [0.717, 1.165) is 5.56 Å². The van der Waals surface area contributed by atoms with E-state index in [4.69, 9.17) is 0 Å². The van der Waals surface area contributed by atoms with Crippen molar-refractivity contribution in [1.82, 2.24) is 10.2 Å². The quantitative estimate of drug-likeness (QED) is 0.573. The number of nitrogens with one attached hydrogen (secondary N) is 1. The van der Waals surface area contributed by atoms with Crippen molar-refractivity contribution in [3.8, 4) is 5.75 Å². The molecule has 1 amide bonds. The van der Waals surface area contributed by atoms with Gasteiger partial charge in [0.15, 0.2) is 0 Å². The van der Waals surface area contributed by atoms with Gasteiger partial charge in [0.1, 0.15) is 17.4 Å². The summed E-state index contributed by atoms with van der Waals surface area (Å²) in [5.41, 5.74) is 1.59. The number of carboxylic acid groups (broad SMARTS) is 2. The molecule has 3 atom stereocenters. The number of phenols is 1. The van der Waals surface area contributed by atoms with Crippen LogP contribution in [-0.4, -0.2) is 50.1 Å². The number of carbonyl (C=O) groups excluding carboxylic acids is 1. The van der Waals surface area contributed by atoms with E-state index in [1.807, 2.05) is 30.3 Å². The fourth-order valence-electron chi connectivity index (χ4n) is 4.17. The lowest BCUT2D eigenvalue weighted by atomic mass is 9.99. The molecule has 1 fully saturated rings. The minimum atomic E-state index is -1.26. The van der Waals surface area contributed by atoms with E-state index in [9.17, 15) is 29.7 Å². The molecule has 4 N–H and O–H groups in total. The summed E-state index contributed by atoms with van der Waals surface area (Å²) in [6.45, 7) is 3.13. The van der Waals surface area contributed by atoms with E-state index in [-0.39, 0.29) is 30.2 Å². The van der Waals surface area contributed by atoms with E-state index >= 15 is 0 Å². The van der Waals surface area contributed by atoms with Gasteiger partial charge in [0.05, 0.1) is 12.1 Å². The van der Waals surface area contributed by atoms with E-state index in [1.165, 1.54) is 13.0 Å². The monoisotopic (exact) mass is 412 g/mol. The zero-order valence-corrected chi connectivity index (χ0v) is 16.7. The zero-order chi connectivity index (χ0) is 22.0. The van der Waals surface area contributed by atoms with Gasteiger partial charge in [-0.25, -0.2) is 4.79 Å². The average molecular weight is 412 g/mol. The van der Waals surface area contributed by atoms with Crippen LogP contribution in [0, 0.1) is 6.92 Å². The lowest BCUT2D eigenvalue weighted by molar-refractivity contribution is -0.143. The van der Waals surface area contributed by atoms with E-state index in [2.05, 4.69) is 5.32 Å². The first-order valence-electron chi connectivity index (χ1n) is 9.55. The third kappa shape index (κ3) is 4.28. The number of likely N-dealkylation sites (tertiary alicyclic amines) is 1. The molecule has 0 radical (unpaired) electrons. The molecule has 1 aliphatic heterocycles. The molecule has 0 bridgehead atoms. The topological polar surface area (TPSA) is 127 Å². The Kier molecular flexibility index (Phi) is 6.07. The lowest BCUT2D eigenvalue weighted by Crippen LogP contribution is -2.39. The summed E-state index contributed by atoms with van der Waals surface area (Å²) in [5.74, 6) is -2.83. The Morgan fingerprint density at radius 2 is 1.80 bits per heavy atom. The summed E-state index contributed by atoms with van der Waals surface area (Å²) >= 11 is 0. The highest BCUT2D eigenvalue weighted by Crippen LogP contribution is 2.38. The summed E-state index contributed by atoms with van der Waals surface area (Å²) in [7, 11) is 0. The van der Waals surface area contributed by atoms with Crippen molar-refractivity contribution in [2.75, 3.05) is 0 Å². The molecule has 2 aromatic rings. The Bertz CT molecular complexity index is 975. The van der Waals surface area contributed by atoms with Crippen molar-refractivity contribution in [2.45, 2.75) is 44.9 Å². The molecular weight excluding hydrogens is 388 g/mol. The number of nitrogens with zero attached hydrogens (tertiary/aromatic N) is 1. The second-order valence-corrected chi connectivity index (χ2v) is 7.54. The highest BCUT2D eigenvalue weighted by Gasteiger charge is 2.45. The highest BCUT2D eigenvalue weighted by atomic mass is 16.4. The number of carbonyl (C=O) groups is 3. The van der Waals surface area contributed by atoms with Gasteiger partial charge in [-0.15, -0.1) is 0 Å². The Morgan fingerprint density at radius 1 is 1.13 bits per heavy atom. The molecule has 1 aliphatic rings. The molecule has 3 rings (SSSR count). The van der Waals surface area contributed by atoms with Crippen LogP contribution in [0.4, 0.5) is 0 Å². The minimum Gasteiger partial charge on any atom is -0.507 e. The molecule has 0 aliphatic carbocycles. The number of aliphatic carboxylic acids is 1. The van der Waals surface area contributed by atoms with Crippen LogP contribution in [0.25, 0.3) is 0 Å². The standard InChI is InChI=1S/C22H24N2O6/c1-12-8-14(9-16(20(12)26)21(27)28)11-24-18(22(29)30)10-17(23-13(2)25)19(24)15-6-4-3-5-7-15/h3-9,17-19,26H,10-11H2,1-2H3,(H,23,25)(H,27,28)(H,29,30)/t17-,18+,19+/m1/s1. The van der Waals surface area contributed by atoms with Gasteiger partial charge in [-0.2, -0.15) is 0 Å². The van der Waals surface area contributed by atoms with Crippen LogP contribution >= 0.6 is 0 Å². The van der Waals surface area contributed by atoms with Gasteiger partial charge in [-0.05, 0) is 36.1 Å². The van der Waals surface area contributed by atoms with Crippen molar-refractivity contribution < 1.29 is 29.7 Å². The van der Waals surface area contributed by atoms with Gasteiger partial charge in [0.2, 0.25) is 5.91 Å². The summed E-state index contributed by atoms with van der Waals surface area (Å²) in [6.07, 6.45) is 0.220. The second kappa shape index (κ2) is 8.54. The van der Waals surface area contributed by atoms with E-state index in [0.29, 0.717) is 11.1 Å². The highest BCUT2D eigenvalue weighted by molar-refractivity contribution is 5.91. The molecule has 158 valence electrons. The molecule has 0 spiro atoms. The molecule has 30 heavy (non-hydrogen) atoms. The molecular formula is C22H24N2O6. The van der Waals surface area contributed by atoms with Crippen molar-refractivity contribution in [1.29, 1.82) is 0 Å². The largest absolute Gasteiger partial charge is 0.507 e. The van der Waals surface area contributed by atoms with Crippen LogP contribution in [0.1, 0.15) is 46.4 Å². The Balaban J connectivity index is 2.05. The maximum Gasteiger partial charge on any atom is 0.339 e. The van der Waals surface area contributed by atoms with Gasteiger partial charge in [-0.3, -0.25) is 14.5 Å². The van der Waals surface area contributed by atoms with Gasteiger partial charge in [0, 0.05) is 13.5 Å². The van der Waals surface area contributed by atoms with Gasteiger partial charge < -0.3 is 20.6 Å². The molecule has 1 saturated heterocycles. The summed E-state index contributed by atoms with van der Waals surface area (Å²) < 4.78 is 0. The van der Waals surface area contributed by atoms with Crippen LogP contribution in [-0.2, 0) is 16.1 Å². The predicted octanol–water partition coefficient (Wildman–Crippen LogP) is 2.30. The number of aromatic hydroxyl groups is 1. The van der Waals surface area contributed by atoms with Gasteiger partial charge in [-0.1, -0.05) is 36.4 Å². The number of aryl methyl sites for hydroxylation is 1. The number of benzene rings is 2. The fourth-order valence-corrected chi connectivity index (χ4v) is 4.17. The van der Waals surface area contributed by atoms with Crippen LogP contribution in [0.5, 0.6) is 5.75 Å². The second-order valence-electron chi connectivity index (χ2n) is 7.54. The number of hydrogen-bond donors (Lipinski definition) is 4. The van der Waals surface area contributed by atoms with Crippen molar-refractivity contribution >= 4 is 17.8 Å². The SMILES string of the molecule is CC(=O)N[C@@H]1C[C@@H](C(=O)O)N(Cc2cc(C)c(O)c(C(=O)O)c2)[C@H]1c1ccccc1. The molecule has 8 heteroatoms. The Hall–Kier alpha value is -3.39. The van der Waals surface area contributed by atoms with Crippen LogP contribution in [0.3, 0.4) is 0 Å². The minimum absolute atomic E-state index is 0.147. The molecule has 0 saturated carbocycles. The number of aromatic carboxylic acids is 1. The van der Waals surface area contributed by atoms with Crippen molar-refractivity contribution in [3.63, 3.8) is 0 Å². The third-order valence-corrected chi connectivity index (χ3v) is 5.39. The van der Waals surface area contributed by atoms with Crippen LogP contribution in [0.15, 0.2) is 42.5 Å². The lowest BCUT2D eigenvalue weighted by Gasteiger charge is -2.31. The normalized spacial score (nSPS) is 21.3. The zero-order valence-electron chi connectivity index (χ0n) is 16.7. The van der Waals surface area contributed by atoms with Gasteiger partial charge in [0.25, 0.3) is 0 Å². The number of carboxylic acids is 2. The molecule has 0 aromatic heterocycles. The maximum atomic E-state index is 12.0. The predicted molar refractivity (Wildman–Crippen MR) is 108 cm³/mol. The Labute approximate surface area is 173 Å². The van der Waals surface area contributed by atoms with Crippen LogP contribution in [0.2, 0.25) is 0 Å². The molecule has 1 heterocycles. The number of rotatable bonds is 6. The van der Waals surface area contributed by atoms with Gasteiger partial charge >= 0.3 is 11.9 Å². The smallest absolute Gasteiger partial charge is 0.339 e. The summed E-state index contributed by atoms with van der Waals surface area (Å²) in [4.78, 5) is 37.0. The summed E-state index contributed by atoms with van der Waals surface area (Å²) in [5, 5.41) is 32.1. The first-order chi connectivity index (χ1) is 14.2. The maximum absolute atomic E-state index is 12.0. The van der Waals surface area contributed by atoms with Crippen molar-refractivity contribution in [2.24, 2.45) is 0 Å². The summed E-state index contributed by atoms with van der Waals surface area (Å²) in [6, 6.07) is 10.6. The molecule has 8 nitrogen and oxygen atoms in total. The first kappa shape index (κ1) is 21.3. The number of amides is 1. The van der Waals surface area contributed by atoms with Crippen LogP contribution < -0.4 is 5.32 Å². The average Bonchev–Trinajstić information content (AvgIpc) is 3.02. The van der Waals surface area contributed by atoms with E-state index in [1.54, 1.807) is 17.9 Å². The molecule has 0 unspecified atom stereocenters. The van der Waals surface area contributed by atoms with E-state index < -0.39 is 30.1 Å². The van der Waals surface area contributed by atoms with Crippen molar-refractivity contribution in [3.05, 3.63) is 64.7 Å². The Morgan fingerprint density at radius 3 is 2.37 bits per heavy atom. The number of hydrogen-bond acceptors (Lipinski definition) is 5.